The van der Waals surface area contributed by atoms with Crippen molar-refractivity contribution in [2.24, 2.45) is 0 Å². The van der Waals surface area contributed by atoms with Gasteiger partial charge in [0.25, 0.3) is 0 Å². The number of unbranched alkanes of at least 4 members (excludes halogenated alkanes) is 16. The minimum atomic E-state index is 0.00805. The van der Waals surface area contributed by atoms with E-state index in [0.717, 1.165) is 12.8 Å². The van der Waals surface area contributed by atoms with Crippen LogP contribution < -0.4 is 0 Å². The summed E-state index contributed by atoms with van der Waals surface area (Å²) < 4.78 is 5.48. The van der Waals surface area contributed by atoms with Gasteiger partial charge in [-0.05, 0) is 26.2 Å². The van der Waals surface area contributed by atoms with Crippen LogP contribution in [-0.2, 0) is 9.53 Å². The molecule has 0 aromatic carbocycles. The Kier molecular flexibility index (Phi) is 21.3. The van der Waals surface area contributed by atoms with Crippen LogP contribution in [0.4, 0.5) is 0 Å². The van der Waals surface area contributed by atoms with Crippen LogP contribution in [0.3, 0.4) is 0 Å². The molecule has 2 heteroatoms. The highest BCUT2D eigenvalue weighted by Crippen LogP contribution is 2.14. The van der Waals surface area contributed by atoms with Crippen LogP contribution in [0.25, 0.3) is 0 Å². The van der Waals surface area contributed by atoms with Gasteiger partial charge in [0.1, 0.15) is 0 Å². The monoisotopic (exact) mass is 382 g/mol. The molecule has 1 atom stereocenters. The Bertz CT molecular complexity index is 301. The Balaban J connectivity index is 3.20. The van der Waals surface area contributed by atoms with Crippen LogP contribution in [0.2, 0.25) is 0 Å². The third-order valence-corrected chi connectivity index (χ3v) is 5.53. The van der Waals surface area contributed by atoms with Gasteiger partial charge in [0, 0.05) is 6.42 Å². The average Bonchev–Trinajstić information content (AvgIpc) is 2.65. The highest BCUT2D eigenvalue weighted by atomic mass is 16.5. The zero-order chi connectivity index (χ0) is 20.0. The average molecular weight is 383 g/mol. The lowest BCUT2D eigenvalue weighted by Gasteiger charge is -2.12. The van der Waals surface area contributed by atoms with Crippen LogP contribution in [0, 0.1) is 0 Å². The van der Waals surface area contributed by atoms with Crippen LogP contribution in [-0.4, -0.2) is 12.1 Å². The molecule has 0 bridgehead atoms. The van der Waals surface area contributed by atoms with Crippen LogP contribution in [0.1, 0.15) is 149 Å². The second kappa shape index (κ2) is 21.8. The fourth-order valence-corrected chi connectivity index (χ4v) is 3.66. The maximum absolute atomic E-state index is 11.8. The molecule has 0 radical (unpaired) electrons. The van der Waals surface area contributed by atoms with Gasteiger partial charge in [0.2, 0.25) is 0 Å². The number of hydrogen-bond acceptors (Lipinski definition) is 2. The molecule has 0 saturated heterocycles. The standard InChI is InChI=1S/C25H50O2/c1-4-6-8-9-10-11-12-13-14-15-16-17-18-19-21-23-25(26)27-24(3)22-20-7-5-2/h24H,4-23H2,1-3H3/t24-/m0/s1. The molecule has 0 amide bonds. The highest BCUT2D eigenvalue weighted by Gasteiger charge is 2.08. The summed E-state index contributed by atoms with van der Waals surface area (Å²) in [6.07, 6.45) is 25.7. The van der Waals surface area contributed by atoms with Crippen molar-refractivity contribution in [3.05, 3.63) is 0 Å². The Hall–Kier alpha value is -0.530. The summed E-state index contributed by atoms with van der Waals surface area (Å²) in [5.74, 6) is 0.00805. The molecule has 0 aliphatic rings. The smallest absolute Gasteiger partial charge is 0.306 e. The Morgan fingerprint density at radius 1 is 0.593 bits per heavy atom. The van der Waals surface area contributed by atoms with Gasteiger partial charge in [-0.2, -0.15) is 0 Å². The molecule has 0 aliphatic heterocycles. The Morgan fingerprint density at radius 2 is 0.963 bits per heavy atom. The third kappa shape index (κ3) is 21.6. The molecular weight excluding hydrogens is 332 g/mol. The van der Waals surface area contributed by atoms with E-state index in [1.54, 1.807) is 0 Å². The summed E-state index contributed by atoms with van der Waals surface area (Å²) in [5, 5.41) is 0. The first kappa shape index (κ1) is 26.5. The van der Waals surface area contributed by atoms with Gasteiger partial charge in [-0.1, -0.05) is 117 Å². The van der Waals surface area contributed by atoms with Gasteiger partial charge in [-0.25, -0.2) is 0 Å². The highest BCUT2D eigenvalue weighted by molar-refractivity contribution is 5.69. The fourth-order valence-electron chi connectivity index (χ4n) is 3.66. The van der Waals surface area contributed by atoms with Crippen LogP contribution >= 0.6 is 0 Å². The molecule has 0 aromatic rings. The molecule has 0 N–H and O–H groups in total. The molecule has 0 spiro atoms. The molecular formula is C25H50O2. The molecule has 0 aliphatic carbocycles. The molecule has 0 heterocycles. The van der Waals surface area contributed by atoms with Crippen molar-refractivity contribution in [1.29, 1.82) is 0 Å². The Morgan fingerprint density at radius 3 is 1.41 bits per heavy atom. The maximum atomic E-state index is 11.8. The van der Waals surface area contributed by atoms with E-state index in [4.69, 9.17) is 4.74 Å². The van der Waals surface area contributed by atoms with E-state index in [1.165, 1.54) is 109 Å². The van der Waals surface area contributed by atoms with Gasteiger partial charge >= 0.3 is 5.97 Å². The van der Waals surface area contributed by atoms with Crippen molar-refractivity contribution < 1.29 is 9.53 Å². The topological polar surface area (TPSA) is 26.3 Å². The van der Waals surface area contributed by atoms with Crippen molar-refractivity contribution in [3.8, 4) is 0 Å². The number of ether oxygens (including phenoxy) is 1. The fraction of sp³-hybridized carbons (Fsp3) is 0.960. The summed E-state index contributed by atoms with van der Waals surface area (Å²) in [7, 11) is 0. The summed E-state index contributed by atoms with van der Waals surface area (Å²) in [6, 6.07) is 0. The molecule has 162 valence electrons. The predicted octanol–water partition coefficient (Wildman–Crippen LogP) is 8.76. The van der Waals surface area contributed by atoms with Gasteiger partial charge < -0.3 is 4.74 Å². The number of carbonyl (C=O) groups excluding carboxylic acids is 1. The SMILES string of the molecule is CCCCCCCCCCCCCCCCCC(=O)O[C@@H](C)CCCCC. The predicted molar refractivity (Wildman–Crippen MR) is 119 cm³/mol. The number of carbonyl (C=O) groups is 1. The lowest BCUT2D eigenvalue weighted by atomic mass is 10.0. The van der Waals surface area contributed by atoms with E-state index >= 15 is 0 Å². The van der Waals surface area contributed by atoms with Crippen LogP contribution in [0.5, 0.6) is 0 Å². The molecule has 0 saturated carbocycles. The summed E-state index contributed by atoms with van der Waals surface area (Å²) in [6.45, 7) is 6.51. The van der Waals surface area contributed by atoms with Gasteiger partial charge in [-0.15, -0.1) is 0 Å². The van der Waals surface area contributed by atoms with Crippen molar-refractivity contribution in [2.45, 2.75) is 155 Å². The van der Waals surface area contributed by atoms with Crippen LogP contribution in [0.15, 0.2) is 0 Å². The van der Waals surface area contributed by atoms with Crippen molar-refractivity contribution >= 4 is 5.97 Å². The first-order valence-corrected chi connectivity index (χ1v) is 12.4. The minimum absolute atomic E-state index is 0.00805. The first-order valence-electron chi connectivity index (χ1n) is 12.4. The summed E-state index contributed by atoms with van der Waals surface area (Å²) in [5.41, 5.74) is 0. The van der Waals surface area contributed by atoms with E-state index in [2.05, 4.69) is 13.8 Å². The second-order valence-corrected chi connectivity index (χ2v) is 8.50. The summed E-state index contributed by atoms with van der Waals surface area (Å²) in [4.78, 5) is 11.8. The van der Waals surface area contributed by atoms with Gasteiger partial charge in [0.15, 0.2) is 0 Å². The van der Waals surface area contributed by atoms with Crippen molar-refractivity contribution in [2.75, 3.05) is 0 Å². The summed E-state index contributed by atoms with van der Waals surface area (Å²) >= 11 is 0. The molecule has 0 aromatic heterocycles. The lowest BCUT2D eigenvalue weighted by molar-refractivity contribution is -0.148. The van der Waals surface area contributed by atoms with Gasteiger partial charge in [-0.3, -0.25) is 4.79 Å². The zero-order valence-corrected chi connectivity index (χ0v) is 19.0. The molecule has 0 unspecified atom stereocenters. The first-order chi connectivity index (χ1) is 13.2. The second-order valence-electron chi connectivity index (χ2n) is 8.50. The van der Waals surface area contributed by atoms with E-state index in [9.17, 15) is 4.79 Å². The molecule has 0 fully saturated rings. The van der Waals surface area contributed by atoms with E-state index in [0.29, 0.717) is 6.42 Å². The quantitative estimate of drug-likeness (QED) is 0.146. The van der Waals surface area contributed by atoms with E-state index < -0.39 is 0 Å². The number of hydrogen-bond donors (Lipinski definition) is 0. The maximum Gasteiger partial charge on any atom is 0.306 e. The van der Waals surface area contributed by atoms with Gasteiger partial charge in [0.05, 0.1) is 6.10 Å². The van der Waals surface area contributed by atoms with Crippen molar-refractivity contribution in [3.63, 3.8) is 0 Å². The van der Waals surface area contributed by atoms with E-state index in [-0.39, 0.29) is 12.1 Å². The zero-order valence-electron chi connectivity index (χ0n) is 19.0. The lowest BCUT2D eigenvalue weighted by Crippen LogP contribution is -2.14. The largest absolute Gasteiger partial charge is 0.463 e. The molecule has 2 nitrogen and oxygen atoms in total. The normalized spacial score (nSPS) is 12.3. The van der Waals surface area contributed by atoms with Crippen molar-refractivity contribution in [1.82, 2.24) is 0 Å². The Labute approximate surface area is 171 Å². The van der Waals surface area contributed by atoms with E-state index in [1.807, 2.05) is 6.92 Å². The number of esters is 1. The molecule has 0 rings (SSSR count). The third-order valence-electron chi connectivity index (χ3n) is 5.53. The minimum Gasteiger partial charge on any atom is -0.463 e. The number of rotatable bonds is 21. The molecule has 27 heavy (non-hydrogen) atoms.